The van der Waals surface area contributed by atoms with E-state index in [2.05, 4.69) is 25.6 Å². The molecule has 2 aliphatic heterocycles. The van der Waals surface area contributed by atoms with Crippen LogP contribution in [0.25, 0.3) is 0 Å². The lowest BCUT2D eigenvalue weighted by Gasteiger charge is -2.51. The summed E-state index contributed by atoms with van der Waals surface area (Å²) in [5.74, 6) is 3.24. The first kappa shape index (κ1) is 15.2. The minimum absolute atomic E-state index is 0.0941. The monoisotopic (exact) mass is 297 g/mol. The lowest BCUT2D eigenvalue weighted by atomic mass is 9.62. The molecule has 0 aromatic heterocycles. The van der Waals surface area contributed by atoms with E-state index in [9.17, 15) is 0 Å². The summed E-state index contributed by atoms with van der Waals surface area (Å²) in [6, 6.07) is 0. The maximum Gasteiger partial charge on any atom is 0.0701 e. The van der Waals surface area contributed by atoms with Gasteiger partial charge in [0.25, 0.3) is 0 Å². The van der Waals surface area contributed by atoms with E-state index < -0.39 is 0 Å². The van der Waals surface area contributed by atoms with Gasteiger partial charge in [-0.3, -0.25) is 0 Å². The highest BCUT2D eigenvalue weighted by Gasteiger charge is 2.47. The summed E-state index contributed by atoms with van der Waals surface area (Å²) in [6.45, 7) is 5.74. The third-order valence-corrected chi connectivity index (χ3v) is 7.23. The van der Waals surface area contributed by atoms with Crippen molar-refractivity contribution >= 4 is 11.8 Å². The number of hydrogen-bond donors (Lipinski definition) is 1. The Balaban J connectivity index is 1.67. The van der Waals surface area contributed by atoms with Crippen molar-refractivity contribution < 1.29 is 4.74 Å². The van der Waals surface area contributed by atoms with Gasteiger partial charge in [0.15, 0.2) is 0 Å². The van der Waals surface area contributed by atoms with Crippen molar-refractivity contribution in [2.75, 3.05) is 18.1 Å². The summed E-state index contributed by atoms with van der Waals surface area (Å²) in [5, 5.41) is 0. The molecule has 3 heteroatoms. The Labute approximate surface area is 128 Å². The highest BCUT2D eigenvalue weighted by Crippen LogP contribution is 2.48. The van der Waals surface area contributed by atoms with Crippen LogP contribution in [0.3, 0.4) is 0 Å². The van der Waals surface area contributed by atoms with Gasteiger partial charge in [-0.25, -0.2) is 0 Å². The molecule has 2 saturated heterocycles. The van der Waals surface area contributed by atoms with Crippen molar-refractivity contribution in [2.45, 2.75) is 76.4 Å². The van der Waals surface area contributed by atoms with Crippen molar-refractivity contribution in [3.8, 4) is 0 Å². The van der Waals surface area contributed by atoms with Crippen molar-refractivity contribution in [2.24, 2.45) is 17.1 Å². The maximum absolute atomic E-state index is 6.88. The maximum atomic E-state index is 6.88. The van der Waals surface area contributed by atoms with Gasteiger partial charge < -0.3 is 10.5 Å². The Morgan fingerprint density at radius 1 is 1.00 bits per heavy atom. The van der Waals surface area contributed by atoms with Crippen LogP contribution in [0.4, 0.5) is 0 Å². The van der Waals surface area contributed by atoms with E-state index in [1.807, 2.05) is 0 Å². The van der Waals surface area contributed by atoms with Gasteiger partial charge in [-0.15, -0.1) is 0 Å². The molecular weight excluding hydrogens is 266 g/mol. The normalized spacial score (nSPS) is 35.9. The highest BCUT2D eigenvalue weighted by atomic mass is 32.2. The smallest absolute Gasteiger partial charge is 0.0701 e. The Hall–Kier alpha value is 0.270. The molecule has 0 aromatic carbocycles. The average Bonchev–Trinajstić information content (AvgIpc) is 2.44. The second-order valence-electron chi connectivity index (χ2n) is 8.23. The van der Waals surface area contributed by atoms with Crippen LogP contribution < -0.4 is 5.73 Å². The molecular formula is C17H31NOS. The standard InChI is InChI=1S/C17H31NOS/c1-15(2)4-6-17(18,7-5-15)14-3-10-19-16(13-14)8-11-20-12-9-16/h14H,3-13,18H2,1-2H3. The molecule has 20 heavy (non-hydrogen) atoms. The third-order valence-electron chi connectivity index (χ3n) is 6.24. The lowest BCUT2D eigenvalue weighted by molar-refractivity contribution is -0.118. The van der Waals surface area contributed by atoms with Crippen LogP contribution >= 0.6 is 11.8 Å². The second kappa shape index (κ2) is 5.48. The third kappa shape index (κ3) is 3.05. The molecule has 1 unspecified atom stereocenters. The van der Waals surface area contributed by atoms with Crippen LogP contribution in [0.1, 0.15) is 65.2 Å². The molecule has 3 fully saturated rings. The fourth-order valence-corrected chi connectivity index (χ4v) is 5.65. The summed E-state index contributed by atoms with van der Waals surface area (Å²) in [7, 11) is 0. The van der Waals surface area contributed by atoms with E-state index in [-0.39, 0.29) is 11.1 Å². The average molecular weight is 298 g/mol. The first-order valence-electron chi connectivity index (χ1n) is 8.44. The van der Waals surface area contributed by atoms with E-state index in [4.69, 9.17) is 10.5 Å². The molecule has 2 heterocycles. The summed E-state index contributed by atoms with van der Waals surface area (Å²) < 4.78 is 6.24. The van der Waals surface area contributed by atoms with Gasteiger partial charge in [-0.05, 0) is 74.2 Å². The Morgan fingerprint density at radius 3 is 2.30 bits per heavy atom. The predicted octanol–water partition coefficient (Wildman–Crippen LogP) is 3.98. The Morgan fingerprint density at radius 2 is 1.65 bits per heavy atom. The van der Waals surface area contributed by atoms with E-state index in [0.29, 0.717) is 11.3 Å². The molecule has 0 radical (unpaired) electrons. The van der Waals surface area contributed by atoms with Crippen molar-refractivity contribution in [1.82, 2.24) is 0 Å². The van der Waals surface area contributed by atoms with E-state index in [1.165, 1.54) is 62.9 Å². The van der Waals surface area contributed by atoms with Gasteiger partial charge in [-0.2, -0.15) is 11.8 Å². The molecule has 0 amide bonds. The van der Waals surface area contributed by atoms with Crippen molar-refractivity contribution in [3.63, 3.8) is 0 Å². The molecule has 1 atom stereocenters. The Kier molecular flexibility index (Phi) is 4.16. The van der Waals surface area contributed by atoms with E-state index in [0.717, 1.165) is 6.61 Å². The molecule has 1 aliphatic carbocycles. The first-order chi connectivity index (χ1) is 9.43. The van der Waals surface area contributed by atoms with Gasteiger partial charge in [0.2, 0.25) is 0 Å². The predicted molar refractivity (Wildman–Crippen MR) is 87.1 cm³/mol. The summed E-state index contributed by atoms with van der Waals surface area (Å²) in [4.78, 5) is 0. The zero-order valence-corrected chi connectivity index (χ0v) is 14.1. The van der Waals surface area contributed by atoms with Gasteiger partial charge in [0.05, 0.1) is 5.60 Å². The van der Waals surface area contributed by atoms with Gasteiger partial charge in [-0.1, -0.05) is 13.8 Å². The van der Waals surface area contributed by atoms with Crippen LogP contribution in [-0.2, 0) is 4.74 Å². The number of ether oxygens (including phenoxy) is 1. The van der Waals surface area contributed by atoms with Gasteiger partial charge >= 0.3 is 0 Å². The van der Waals surface area contributed by atoms with Crippen LogP contribution in [-0.4, -0.2) is 29.3 Å². The Bertz CT molecular complexity index is 333. The van der Waals surface area contributed by atoms with Crippen LogP contribution in [0, 0.1) is 11.3 Å². The molecule has 116 valence electrons. The molecule has 3 rings (SSSR count). The van der Waals surface area contributed by atoms with Crippen LogP contribution in [0.2, 0.25) is 0 Å². The summed E-state index contributed by atoms with van der Waals surface area (Å²) >= 11 is 2.09. The van der Waals surface area contributed by atoms with Crippen LogP contribution in [0.5, 0.6) is 0 Å². The minimum Gasteiger partial charge on any atom is -0.375 e. The topological polar surface area (TPSA) is 35.2 Å². The minimum atomic E-state index is 0.0941. The quantitative estimate of drug-likeness (QED) is 0.795. The number of hydrogen-bond acceptors (Lipinski definition) is 3. The lowest BCUT2D eigenvalue weighted by Crippen LogP contribution is -2.56. The molecule has 2 N–H and O–H groups in total. The highest BCUT2D eigenvalue weighted by molar-refractivity contribution is 7.99. The van der Waals surface area contributed by atoms with Crippen molar-refractivity contribution in [1.29, 1.82) is 0 Å². The molecule has 1 spiro atoms. The fraction of sp³-hybridized carbons (Fsp3) is 1.00. The van der Waals surface area contributed by atoms with Gasteiger partial charge in [0, 0.05) is 12.1 Å². The number of thioether (sulfide) groups is 1. The first-order valence-corrected chi connectivity index (χ1v) is 9.59. The van der Waals surface area contributed by atoms with Gasteiger partial charge in [0.1, 0.15) is 0 Å². The fourth-order valence-electron chi connectivity index (χ4n) is 4.41. The summed E-state index contributed by atoms with van der Waals surface area (Å²) in [6.07, 6.45) is 9.93. The molecule has 1 saturated carbocycles. The zero-order chi connectivity index (χ0) is 14.3. The number of nitrogens with two attached hydrogens (primary N) is 1. The van der Waals surface area contributed by atoms with Crippen molar-refractivity contribution in [3.05, 3.63) is 0 Å². The summed E-state index contributed by atoms with van der Waals surface area (Å²) in [5.41, 5.74) is 7.67. The van der Waals surface area contributed by atoms with E-state index >= 15 is 0 Å². The molecule has 3 aliphatic rings. The van der Waals surface area contributed by atoms with Crippen LogP contribution in [0.15, 0.2) is 0 Å². The second-order valence-corrected chi connectivity index (χ2v) is 9.46. The largest absolute Gasteiger partial charge is 0.375 e. The molecule has 0 bridgehead atoms. The zero-order valence-electron chi connectivity index (χ0n) is 13.2. The van der Waals surface area contributed by atoms with E-state index in [1.54, 1.807) is 0 Å². The molecule has 0 aromatic rings. The SMILES string of the molecule is CC1(C)CCC(N)(C2CCOC3(CCSCC3)C2)CC1. The molecule has 2 nitrogen and oxygen atoms in total. The number of rotatable bonds is 1.